The Hall–Kier alpha value is -3.58. The van der Waals surface area contributed by atoms with E-state index in [4.69, 9.17) is 0 Å². The average Bonchev–Trinajstić information content (AvgIpc) is 2.79. The van der Waals surface area contributed by atoms with Crippen LogP contribution in [0.25, 0.3) is 0 Å². The molecule has 0 radical (unpaired) electrons. The molecule has 0 aliphatic carbocycles. The van der Waals surface area contributed by atoms with Gasteiger partial charge in [-0.15, -0.1) is 0 Å². The van der Waals surface area contributed by atoms with Gasteiger partial charge in [0.25, 0.3) is 11.5 Å². The van der Waals surface area contributed by atoms with Crippen molar-refractivity contribution in [2.45, 2.75) is 12.6 Å². The predicted molar refractivity (Wildman–Crippen MR) is 121 cm³/mol. The van der Waals surface area contributed by atoms with Crippen molar-refractivity contribution in [1.29, 1.82) is 0 Å². The maximum Gasteiger partial charge on any atom is 0.254 e. The van der Waals surface area contributed by atoms with Gasteiger partial charge in [0.1, 0.15) is 5.82 Å². The number of pyridine rings is 1. The van der Waals surface area contributed by atoms with Gasteiger partial charge in [-0.2, -0.15) is 0 Å². The summed E-state index contributed by atoms with van der Waals surface area (Å²) in [5.74, 6) is -1.54. The first-order valence-electron chi connectivity index (χ1n) is 10.3. The Morgan fingerprint density at radius 3 is 2.19 bits per heavy atom. The van der Waals surface area contributed by atoms with Crippen LogP contribution < -0.4 is 5.56 Å². The molecular weight excluding hydrogens is 409 g/mol. The summed E-state index contributed by atoms with van der Waals surface area (Å²) in [4.78, 5) is 43.3. The van der Waals surface area contributed by atoms with Crippen LogP contribution in [-0.4, -0.2) is 53.2 Å². The summed E-state index contributed by atoms with van der Waals surface area (Å²) in [6.07, 6.45) is 1.43. The predicted octanol–water partition coefficient (Wildman–Crippen LogP) is 3.00. The molecule has 1 heterocycles. The van der Waals surface area contributed by atoms with E-state index >= 15 is 0 Å². The normalized spacial score (nSPS) is 11.9. The number of likely N-dealkylation sites (N-methyl/N-ethyl adjacent to an activating group) is 1. The molecule has 3 rings (SSSR count). The third-order valence-corrected chi connectivity index (χ3v) is 5.09. The fraction of sp³-hybridized carbons (Fsp3) is 0.240. The minimum atomic E-state index is -1.39. The molecule has 0 N–H and O–H groups in total. The molecule has 0 spiro atoms. The number of Topliss-reactive ketones (excluding diaryl/α,β-unsaturated/α-hetero) is 1. The van der Waals surface area contributed by atoms with Crippen molar-refractivity contribution < 1.29 is 14.0 Å². The standard InChI is InChI=1S/C25H26FN3O3/c1-27(2)16-17-28(18-19-8-4-3-5-9-19)25(32)23(29-15-7-6-10-22(29)30)24(31)20-11-13-21(26)14-12-20/h3-15,23H,16-18H2,1-2H3. The minimum absolute atomic E-state index is 0.160. The van der Waals surface area contributed by atoms with Gasteiger partial charge in [0, 0.05) is 37.5 Å². The Bertz CT molecular complexity index is 1110. The maximum absolute atomic E-state index is 13.7. The van der Waals surface area contributed by atoms with E-state index < -0.39 is 29.1 Å². The molecule has 0 aliphatic rings. The number of rotatable bonds is 9. The van der Waals surface area contributed by atoms with Crippen molar-refractivity contribution in [3.63, 3.8) is 0 Å². The van der Waals surface area contributed by atoms with Gasteiger partial charge in [0.15, 0.2) is 11.8 Å². The Morgan fingerprint density at radius 2 is 1.56 bits per heavy atom. The number of carbonyl (C=O) groups is 2. The molecular formula is C25H26FN3O3. The number of benzene rings is 2. The molecule has 166 valence electrons. The maximum atomic E-state index is 13.7. The Morgan fingerprint density at radius 1 is 0.906 bits per heavy atom. The SMILES string of the molecule is CN(C)CCN(Cc1ccccc1)C(=O)C(C(=O)c1ccc(F)cc1)n1ccccc1=O. The van der Waals surface area contributed by atoms with E-state index in [1.54, 1.807) is 17.0 Å². The van der Waals surface area contributed by atoms with Crippen LogP contribution in [0.5, 0.6) is 0 Å². The first kappa shape index (κ1) is 23.1. The van der Waals surface area contributed by atoms with E-state index in [2.05, 4.69) is 0 Å². The molecule has 0 saturated heterocycles. The molecule has 1 atom stereocenters. The highest BCUT2D eigenvalue weighted by atomic mass is 19.1. The van der Waals surface area contributed by atoms with Crippen LogP contribution in [0.2, 0.25) is 0 Å². The summed E-state index contributed by atoms with van der Waals surface area (Å²) >= 11 is 0. The van der Waals surface area contributed by atoms with Gasteiger partial charge < -0.3 is 9.80 Å². The summed E-state index contributed by atoms with van der Waals surface area (Å²) in [5, 5.41) is 0. The molecule has 0 bridgehead atoms. The quantitative estimate of drug-likeness (QED) is 0.383. The lowest BCUT2D eigenvalue weighted by molar-refractivity contribution is -0.134. The number of nitrogens with zero attached hydrogens (tertiary/aromatic N) is 3. The van der Waals surface area contributed by atoms with Gasteiger partial charge in [0.05, 0.1) is 0 Å². The fourth-order valence-corrected chi connectivity index (χ4v) is 3.35. The first-order valence-corrected chi connectivity index (χ1v) is 10.3. The Labute approximate surface area is 186 Å². The number of carbonyl (C=O) groups excluding carboxylic acids is 2. The number of ketones is 1. The van der Waals surface area contributed by atoms with Crippen LogP contribution in [0, 0.1) is 5.82 Å². The molecule has 1 unspecified atom stereocenters. The summed E-state index contributed by atoms with van der Waals surface area (Å²) in [7, 11) is 3.79. The van der Waals surface area contributed by atoms with Crippen molar-refractivity contribution in [3.8, 4) is 0 Å². The zero-order chi connectivity index (χ0) is 23.1. The molecule has 1 aromatic heterocycles. The highest BCUT2D eigenvalue weighted by molar-refractivity contribution is 6.11. The Balaban J connectivity index is 2.02. The topological polar surface area (TPSA) is 62.6 Å². The highest BCUT2D eigenvalue weighted by Crippen LogP contribution is 2.19. The van der Waals surface area contributed by atoms with Crippen molar-refractivity contribution in [3.05, 3.63) is 106 Å². The lowest BCUT2D eigenvalue weighted by atomic mass is 10.0. The fourth-order valence-electron chi connectivity index (χ4n) is 3.35. The molecule has 7 heteroatoms. The van der Waals surface area contributed by atoms with Crippen molar-refractivity contribution in [2.75, 3.05) is 27.2 Å². The molecule has 32 heavy (non-hydrogen) atoms. The number of hydrogen-bond donors (Lipinski definition) is 0. The smallest absolute Gasteiger partial charge is 0.254 e. The summed E-state index contributed by atoms with van der Waals surface area (Å²) in [5.41, 5.74) is 0.606. The van der Waals surface area contributed by atoms with E-state index in [-0.39, 0.29) is 5.56 Å². The molecule has 0 fully saturated rings. The molecule has 6 nitrogen and oxygen atoms in total. The average molecular weight is 435 g/mol. The zero-order valence-corrected chi connectivity index (χ0v) is 18.1. The van der Waals surface area contributed by atoms with Crippen molar-refractivity contribution in [2.24, 2.45) is 0 Å². The van der Waals surface area contributed by atoms with Crippen molar-refractivity contribution >= 4 is 11.7 Å². The van der Waals surface area contributed by atoms with Gasteiger partial charge in [0.2, 0.25) is 0 Å². The third kappa shape index (κ3) is 5.76. The van der Waals surface area contributed by atoms with E-state index in [1.807, 2.05) is 49.3 Å². The molecule has 2 aromatic carbocycles. The van der Waals surface area contributed by atoms with Crippen LogP contribution in [0.1, 0.15) is 22.0 Å². The lowest BCUT2D eigenvalue weighted by Crippen LogP contribution is -2.45. The monoisotopic (exact) mass is 435 g/mol. The molecule has 1 amide bonds. The summed E-state index contributed by atoms with van der Waals surface area (Å²) in [6.45, 7) is 1.25. The Kier molecular flexibility index (Phi) is 7.68. The van der Waals surface area contributed by atoms with Crippen LogP contribution in [0.3, 0.4) is 0 Å². The first-order chi connectivity index (χ1) is 15.4. The second kappa shape index (κ2) is 10.6. The van der Waals surface area contributed by atoms with Crippen molar-refractivity contribution in [1.82, 2.24) is 14.4 Å². The number of hydrogen-bond acceptors (Lipinski definition) is 4. The summed E-state index contributed by atoms with van der Waals surface area (Å²) < 4.78 is 14.5. The number of aromatic nitrogens is 1. The van der Waals surface area contributed by atoms with E-state index in [0.717, 1.165) is 22.3 Å². The van der Waals surface area contributed by atoms with Crippen LogP contribution in [0.15, 0.2) is 83.8 Å². The van der Waals surface area contributed by atoms with Gasteiger partial charge in [-0.05, 0) is 50.0 Å². The van der Waals surface area contributed by atoms with E-state index in [9.17, 15) is 18.8 Å². The molecule has 3 aromatic rings. The lowest BCUT2D eigenvalue weighted by Gasteiger charge is -2.29. The van der Waals surface area contributed by atoms with Gasteiger partial charge in [-0.3, -0.25) is 19.0 Å². The molecule has 0 aliphatic heterocycles. The third-order valence-electron chi connectivity index (χ3n) is 5.09. The van der Waals surface area contributed by atoms with E-state index in [1.165, 1.54) is 24.4 Å². The minimum Gasteiger partial charge on any atom is -0.335 e. The second-order valence-electron chi connectivity index (χ2n) is 7.77. The van der Waals surface area contributed by atoms with Gasteiger partial charge >= 0.3 is 0 Å². The van der Waals surface area contributed by atoms with E-state index in [0.29, 0.717) is 19.6 Å². The van der Waals surface area contributed by atoms with Gasteiger partial charge in [-0.25, -0.2) is 4.39 Å². The largest absolute Gasteiger partial charge is 0.335 e. The van der Waals surface area contributed by atoms with Crippen LogP contribution in [-0.2, 0) is 11.3 Å². The number of halogens is 1. The number of amides is 1. The highest BCUT2D eigenvalue weighted by Gasteiger charge is 2.33. The second-order valence-corrected chi connectivity index (χ2v) is 7.77. The zero-order valence-electron chi connectivity index (χ0n) is 18.1. The van der Waals surface area contributed by atoms with Gasteiger partial charge in [-0.1, -0.05) is 36.4 Å². The summed E-state index contributed by atoms with van der Waals surface area (Å²) in [6, 6.07) is 17.5. The molecule has 0 saturated carbocycles. The van der Waals surface area contributed by atoms with Crippen LogP contribution >= 0.6 is 0 Å². The van der Waals surface area contributed by atoms with Crippen LogP contribution in [0.4, 0.5) is 4.39 Å².